The number of benzene rings is 1. The zero-order chi connectivity index (χ0) is 9.84. The van der Waals surface area contributed by atoms with Gasteiger partial charge >= 0.3 is 0 Å². The lowest BCUT2D eigenvalue weighted by Crippen LogP contribution is -1.71. The summed E-state index contributed by atoms with van der Waals surface area (Å²) in [5.74, 6) is -0.193. The average molecular weight is 197 g/mol. The quantitative estimate of drug-likeness (QED) is 0.626. The van der Waals surface area contributed by atoms with Crippen LogP contribution in [0.25, 0.3) is 10.2 Å². The molecule has 2 aromatic rings. The van der Waals surface area contributed by atoms with Crippen LogP contribution in [0.15, 0.2) is 18.2 Å². The molecule has 0 spiro atoms. The highest BCUT2D eigenvalue weighted by atomic mass is 32.1. The number of aromatic nitrogens is 1. The third kappa shape index (κ3) is 2.25. The molecule has 3 heteroatoms. The van der Waals surface area contributed by atoms with Gasteiger partial charge < -0.3 is 0 Å². The van der Waals surface area contributed by atoms with Crippen molar-refractivity contribution in [1.82, 2.24) is 4.98 Å². The lowest BCUT2D eigenvalue weighted by atomic mass is 10.3. The maximum atomic E-state index is 12.6. The smallest absolute Gasteiger partial charge is 0.124 e. The van der Waals surface area contributed by atoms with Crippen LogP contribution < -0.4 is 0 Å². The molecule has 0 aliphatic heterocycles. The van der Waals surface area contributed by atoms with E-state index < -0.39 is 0 Å². The molecular formula is C10H12FNS. The number of halogens is 1. The number of nitrogens with zero attached hydrogens (tertiary/aromatic N) is 1. The Balaban J connectivity index is 0.000000396. The van der Waals surface area contributed by atoms with E-state index in [2.05, 4.69) is 4.98 Å². The van der Waals surface area contributed by atoms with Crippen molar-refractivity contribution < 1.29 is 4.39 Å². The van der Waals surface area contributed by atoms with Gasteiger partial charge in [0.05, 0.1) is 15.2 Å². The summed E-state index contributed by atoms with van der Waals surface area (Å²) in [4.78, 5) is 4.21. The van der Waals surface area contributed by atoms with Gasteiger partial charge in [0.2, 0.25) is 0 Å². The Hall–Kier alpha value is -0.960. The van der Waals surface area contributed by atoms with E-state index in [0.29, 0.717) is 0 Å². The molecule has 0 aliphatic carbocycles. The van der Waals surface area contributed by atoms with E-state index in [1.807, 2.05) is 20.8 Å². The summed E-state index contributed by atoms with van der Waals surface area (Å²) in [5.41, 5.74) is 0.883. The van der Waals surface area contributed by atoms with Gasteiger partial charge in [0.25, 0.3) is 0 Å². The van der Waals surface area contributed by atoms with E-state index in [9.17, 15) is 4.39 Å². The third-order valence-corrected chi connectivity index (χ3v) is 2.39. The average Bonchev–Trinajstić information content (AvgIpc) is 2.48. The van der Waals surface area contributed by atoms with Gasteiger partial charge in [-0.25, -0.2) is 9.37 Å². The summed E-state index contributed by atoms with van der Waals surface area (Å²) in [6.45, 7) is 5.92. The summed E-state index contributed by atoms with van der Waals surface area (Å²) in [6, 6.07) is 4.65. The number of thiazole rings is 1. The van der Waals surface area contributed by atoms with Crippen molar-refractivity contribution in [2.24, 2.45) is 0 Å². The van der Waals surface area contributed by atoms with Crippen LogP contribution in [0.4, 0.5) is 4.39 Å². The van der Waals surface area contributed by atoms with Crippen molar-refractivity contribution in [2.75, 3.05) is 0 Å². The van der Waals surface area contributed by atoms with Crippen molar-refractivity contribution in [3.05, 3.63) is 29.0 Å². The summed E-state index contributed by atoms with van der Waals surface area (Å²) in [5, 5.41) is 0.977. The van der Waals surface area contributed by atoms with Gasteiger partial charge in [-0.3, -0.25) is 0 Å². The molecule has 13 heavy (non-hydrogen) atoms. The number of hydrogen-bond acceptors (Lipinski definition) is 2. The first-order valence-electron chi connectivity index (χ1n) is 4.28. The van der Waals surface area contributed by atoms with E-state index in [1.54, 1.807) is 6.07 Å². The molecule has 0 unspecified atom stereocenters. The Bertz CT molecular complexity index is 395. The van der Waals surface area contributed by atoms with Crippen molar-refractivity contribution >= 4 is 21.6 Å². The van der Waals surface area contributed by atoms with Crippen molar-refractivity contribution in [3.8, 4) is 0 Å². The van der Waals surface area contributed by atoms with E-state index in [1.165, 1.54) is 23.5 Å². The summed E-state index contributed by atoms with van der Waals surface area (Å²) in [6.07, 6.45) is 0. The van der Waals surface area contributed by atoms with E-state index >= 15 is 0 Å². The molecule has 0 radical (unpaired) electrons. The largest absolute Gasteiger partial charge is 0.242 e. The van der Waals surface area contributed by atoms with E-state index in [0.717, 1.165) is 15.2 Å². The van der Waals surface area contributed by atoms with Gasteiger partial charge in [-0.05, 0) is 25.1 Å². The second kappa shape index (κ2) is 4.33. The molecular weight excluding hydrogens is 185 g/mol. The van der Waals surface area contributed by atoms with Crippen LogP contribution in [0.3, 0.4) is 0 Å². The molecule has 0 amide bonds. The Morgan fingerprint density at radius 1 is 1.31 bits per heavy atom. The van der Waals surface area contributed by atoms with Crippen molar-refractivity contribution in [2.45, 2.75) is 20.8 Å². The maximum absolute atomic E-state index is 12.6. The first-order chi connectivity index (χ1) is 6.25. The molecule has 0 aliphatic rings. The van der Waals surface area contributed by atoms with Gasteiger partial charge in [0.15, 0.2) is 0 Å². The Kier molecular flexibility index (Phi) is 3.37. The fourth-order valence-corrected chi connectivity index (χ4v) is 1.87. The predicted molar refractivity (Wildman–Crippen MR) is 55.7 cm³/mol. The molecule has 0 bridgehead atoms. The van der Waals surface area contributed by atoms with E-state index in [4.69, 9.17) is 0 Å². The first-order valence-corrected chi connectivity index (χ1v) is 5.10. The zero-order valence-corrected chi connectivity index (χ0v) is 8.78. The molecule has 70 valence electrons. The van der Waals surface area contributed by atoms with Crippen LogP contribution in [0.1, 0.15) is 18.9 Å². The summed E-state index contributed by atoms with van der Waals surface area (Å²) < 4.78 is 13.5. The highest BCUT2D eigenvalue weighted by Crippen LogP contribution is 2.21. The van der Waals surface area contributed by atoms with Gasteiger partial charge in [0, 0.05) is 0 Å². The van der Waals surface area contributed by atoms with Gasteiger partial charge in [-0.15, -0.1) is 11.3 Å². The molecule has 0 atom stereocenters. The molecule has 0 fully saturated rings. The Labute approximate surface area is 81.2 Å². The minimum absolute atomic E-state index is 0.193. The van der Waals surface area contributed by atoms with E-state index in [-0.39, 0.29) is 5.82 Å². The molecule has 2 rings (SSSR count). The van der Waals surface area contributed by atoms with Crippen LogP contribution in [0.2, 0.25) is 0 Å². The second-order valence-electron chi connectivity index (χ2n) is 2.34. The SMILES string of the molecule is CC.Cc1nc2ccc(F)cc2s1. The number of rotatable bonds is 0. The van der Waals surface area contributed by atoms with Crippen molar-refractivity contribution in [1.29, 1.82) is 0 Å². The monoisotopic (exact) mass is 197 g/mol. The Morgan fingerprint density at radius 3 is 2.69 bits per heavy atom. The van der Waals surface area contributed by atoms with Gasteiger partial charge in [0.1, 0.15) is 5.82 Å². The molecule has 1 heterocycles. The van der Waals surface area contributed by atoms with Crippen LogP contribution >= 0.6 is 11.3 Å². The van der Waals surface area contributed by atoms with Crippen molar-refractivity contribution in [3.63, 3.8) is 0 Å². The van der Waals surface area contributed by atoms with Gasteiger partial charge in [-0.1, -0.05) is 13.8 Å². The van der Waals surface area contributed by atoms with Crippen LogP contribution in [0, 0.1) is 12.7 Å². The predicted octanol–water partition coefficient (Wildman–Crippen LogP) is 3.77. The number of fused-ring (bicyclic) bond motifs is 1. The Morgan fingerprint density at radius 2 is 2.00 bits per heavy atom. The molecule has 0 saturated heterocycles. The molecule has 1 aromatic heterocycles. The minimum atomic E-state index is -0.193. The molecule has 0 N–H and O–H groups in total. The lowest BCUT2D eigenvalue weighted by Gasteiger charge is -1.85. The fourth-order valence-electron chi connectivity index (χ4n) is 1.01. The topological polar surface area (TPSA) is 12.9 Å². The number of hydrogen-bond donors (Lipinski definition) is 0. The minimum Gasteiger partial charge on any atom is -0.242 e. The highest BCUT2D eigenvalue weighted by Gasteiger charge is 1.99. The summed E-state index contributed by atoms with van der Waals surface area (Å²) >= 11 is 1.52. The first kappa shape index (κ1) is 10.1. The second-order valence-corrected chi connectivity index (χ2v) is 3.58. The van der Waals surface area contributed by atoms with Crippen LogP contribution in [-0.4, -0.2) is 4.98 Å². The van der Waals surface area contributed by atoms with Crippen LogP contribution in [-0.2, 0) is 0 Å². The molecule has 1 aromatic carbocycles. The van der Waals surface area contributed by atoms with Crippen LogP contribution in [0.5, 0.6) is 0 Å². The molecule has 1 nitrogen and oxygen atoms in total. The maximum Gasteiger partial charge on any atom is 0.124 e. The van der Waals surface area contributed by atoms with Gasteiger partial charge in [-0.2, -0.15) is 0 Å². The lowest BCUT2D eigenvalue weighted by molar-refractivity contribution is 0.630. The zero-order valence-electron chi connectivity index (χ0n) is 7.97. The standard InChI is InChI=1S/C8H6FNS.C2H6/c1-5-10-7-3-2-6(9)4-8(7)11-5;1-2/h2-4H,1H3;1-2H3. The fraction of sp³-hybridized carbons (Fsp3) is 0.300. The molecule has 0 saturated carbocycles. The summed E-state index contributed by atoms with van der Waals surface area (Å²) in [7, 11) is 0. The normalized spacial score (nSPS) is 9.54. The third-order valence-electron chi connectivity index (χ3n) is 1.46. The number of aryl methyl sites for hydroxylation is 1. The highest BCUT2D eigenvalue weighted by molar-refractivity contribution is 7.18.